The number of hydrogen-bond acceptors (Lipinski definition) is 6. The minimum absolute atomic E-state index is 0.0503. The summed E-state index contributed by atoms with van der Waals surface area (Å²) in [5.41, 5.74) is 1.92. The lowest BCUT2D eigenvalue weighted by Gasteiger charge is -2.23. The Morgan fingerprint density at radius 3 is 2.40 bits per heavy atom. The molecule has 0 aliphatic carbocycles. The highest BCUT2D eigenvalue weighted by Crippen LogP contribution is 2.31. The lowest BCUT2D eigenvalue weighted by molar-refractivity contribution is 0.415. The molecule has 0 aliphatic heterocycles. The molecule has 6 nitrogen and oxygen atoms in total. The van der Waals surface area contributed by atoms with Crippen molar-refractivity contribution in [3.63, 3.8) is 0 Å². The molecule has 0 radical (unpaired) electrons. The molecular weight excluding hydrogens is 420 g/mol. The van der Waals surface area contributed by atoms with Gasteiger partial charge in [0.1, 0.15) is 21.4 Å². The molecule has 0 fully saturated rings. The minimum atomic E-state index is -3.77. The van der Waals surface area contributed by atoms with E-state index in [1.54, 1.807) is 55.8 Å². The Balaban J connectivity index is 1.74. The van der Waals surface area contributed by atoms with E-state index in [-0.39, 0.29) is 10.8 Å². The molecule has 2 heterocycles. The fraction of sp³-hybridized carbons (Fsp3) is 0.136. The van der Waals surface area contributed by atoms with Crippen molar-refractivity contribution in [3.8, 4) is 17.2 Å². The van der Waals surface area contributed by atoms with Gasteiger partial charge in [0.15, 0.2) is 0 Å². The number of benzene rings is 2. The van der Waals surface area contributed by atoms with E-state index < -0.39 is 10.0 Å². The van der Waals surface area contributed by atoms with Crippen molar-refractivity contribution >= 4 is 27.0 Å². The molecule has 0 saturated carbocycles. The van der Waals surface area contributed by atoms with Crippen LogP contribution in [-0.4, -0.2) is 20.5 Å². The first kappa shape index (κ1) is 20.2. The van der Waals surface area contributed by atoms with Crippen molar-refractivity contribution in [3.05, 3.63) is 83.6 Å². The summed E-state index contributed by atoms with van der Waals surface area (Å²) in [5, 5.41) is 1.74. The van der Waals surface area contributed by atoms with Crippen LogP contribution in [-0.2, 0) is 16.6 Å². The number of rotatable bonds is 7. The zero-order valence-electron chi connectivity index (χ0n) is 16.5. The first-order chi connectivity index (χ1) is 14.5. The maximum atomic E-state index is 13.4. The van der Waals surface area contributed by atoms with E-state index in [1.165, 1.54) is 15.6 Å². The SMILES string of the molecule is COc1ccc(N(Cc2nc(-c3ccccc3)oc2C)S(=O)(=O)c2cccs2)cc1. The first-order valence-electron chi connectivity index (χ1n) is 9.21. The van der Waals surface area contributed by atoms with Crippen molar-refractivity contribution in [2.45, 2.75) is 17.7 Å². The van der Waals surface area contributed by atoms with Crippen LogP contribution in [0.25, 0.3) is 11.5 Å². The van der Waals surface area contributed by atoms with Gasteiger partial charge in [0.05, 0.1) is 19.3 Å². The maximum absolute atomic E-state index is 13.4. The molecule has 0 spiro atoms. The zero-order valence-corrected chi connectivity index (χ0v) is 18.1. The lowest BCUT2D eigenvalue weighted by Crippen LogP contribution is -2.30. The molecule has 4 rings (SSSR count). The average Bonchev–Trinajstić information content (AvgIpc) is 3.43. The van der Waals surface area contributed by atoms with Crippen molar-refractivity contribution in [2.24, 2.45) is 0 Å². The fourth-order valence-corrected chi connectivity index (χ4v) is 5.53. The first-order valence-corrected chi connectivity index (χ1v) is 11.5. The summed E-state index contributed by atoms with van der Waals surface area (Å²) in [7, 11) is -2.20. The van der Waals surface area contributed by atoms with Crippen LogP contribution in [0.2, 0.25) is 0 Å². The summed E-state index contributed by atoms with van der Waals surface area (Å²) in [6, 6.07) is 19.7. The second-order valence-electron chi connectivity index (χ2n) is 6.53. The molecule has 2 aromatic heterocycles. The van der Waals surface area contributed by atoms with Gasteiger partial charge in [-0.2, -0.15) is 0 Å². The predicted molar refractivity (Wildman–Crippen MR) is 117 cm³/mol. The molecule has 0 atom stereocenters. The summed E-state index contributed by atoms with van der Waals surface area (Å²) in [6.07, 6.45) is 0. The van der Waals surface area contributed by atoms with Gasteiger partial charge in [-0.3, -0.25) is 4.31 Å². The van der Waals surface area contributed by atoms with Gasteiger partial charge in [-0.1, -0.05) is 24.3 Å². The summed E-state index contributed by atoms with van der Waals surface area (Å²) < 4.78 is 39.4. The topological polar surface area (TPSA) is 72.6 Å². The lowest BCUT2D eigenvalue weighted by atomic mass is 10.2. The molecule has 0 unspecified atom stereocenters. The van der Waals surface area contributed by atoms with Gasteiger partial charge >= 0.3 is 0 Å². The summed E-state index contributed by atoms with van der Waals surface area (Å²) >= 11 is 1.18. The Kier molecular flexibility index (Phi) is 5.61. The highest BCUT2D eigenvalue weighted by Gasteiger charge is 2.28. The summed E-state index contributed by atoms with van der Waals surface area (Å²) in [4.78, 5) is 4.58. The standard InChI is InChI=1S/C22H20N2O4S2/c1-16-20(23-22(28-16)17-7-4-3-5-8-17)15-24(18-10-12-19(27-2)13-11-18)30(25,26)21-9-6-14-29-21/h3-14H,15H2,1-2H3. The van der Waals surface area contributed by atoms with Crippen LogP contribution >= 0.6 is 11.3 Å². The highest BCUT2D eigenvalue weighted by atomic mass is 32.2. The summed E-state index contributed by atoms with van der Waals surface area (Å²) in [5.74, 6) is 1.69. The van der Waals surface area contributed by atoms with Gasteiger partial charge < -0.3 is 9.15 Å². The number of anilines is 1. The Labute approximate surface area is 179 Å². The molecule has 154 valence electrons. The van der Waals surface area contributed by atoms with Crippen molar-refractivity contribution in [1.29, 1.82) is 0 Å². The van der Waals surface area contributed by atoms with Crippen LogP contribution in [0.1, 0.15) is 11.5 Å². The van der Waals surface area contributed by atoms with Crippen LogP contribution in [0.15, 0.2) is 80.7 Å². The van der Waals surface area contributed by atoms with Crippen LogP contribution in [0.4, 0.5) is 5.69 Å². The third-order valence-electron chi connectivity index (χ3n) is 4.61. The highest BCUT2D eigenvalue weighted by molar-refractivity contribution is 7.94. The maximum Gasteiger partial charge on any atom is 0.274 e. The number of methoxy groups -OCH3 is 1. The molecule has 0 N–H and O–H groups in total. The molecular formula is C22H20N2O4S2. The molecule has 0 bridgehead atoms. The second-order valence-corrected chi connectivity index (χ2v) is 9.57. The van der Waals surface area contributed by atoms with Gasteiger partial charge in [-0.25, -0.2) is 13.4 Å². The van der Waals surface area contributed by atoms with Gasteiger partial charge in [-0.05, 0) is 54.8 Å². The molecule has 0 aliphatic rings. The third-order valence-corrected chi connectivity index (χ3v) is 7.75. The Bertz CT molecular complexity index is 1220. The van der Waals surface area contributed by atoms with Crippen LogP contribution in [0.3, 0.4) is 0 Å². The van der Waals surface area contributed by atoms with Crippen molar-refractivity contribution in [2.75, 3.05) is 11.4 Å². The molecule has 0 saturated heterocycles. The van der Waals surface area contributed by atoms with Gasteiger partial charge in [-0.15, -0.1) is 11.3 Å². The molecule has 2 aromatic carbocycles. The normalized spacial score (nSPS) is 11.4. The van der Waals surface area contributed by atoms with Gasteiger partial charge in [0, 0.05) is 5.56 Å². The number of aromatic nitrogens is 1. The monoisotopic (exact) mass is 440 g/mol. The van der Waals surface area contributed by atoms with E-state index in [4.69, 9.17) is 9.15 Å². The van der Waals surface area contributed by atoms with Crippen LogP contribution in [0, 0.1) is 6.92 Å². The molecule has 30 heavy (non-hydrogen) atoms. The number of ether oxygens (including phenoxy) is 1. The molecule has 8 heteroatoms. The van der Waals surface area contributed by atoms with Crippen molar-refractivity contribution in [1.82, 2.24) is 4.98 Å². The number of aryl methyl sites for hydroxylation is 1. The van der Waals surface area contributed by atoms with Crippen LogP contribution in [0.5, 0.6) is 5.75 Å². The van der Waals surface area contributed by atoms with E-state index in [0.29, 0.717) is 28.8 Å². The summed E-state index contributed by atoms with van der Waals surface area (Å²) in [6.45, 7) is 1.84. The Morgan fingerprint density at radius 1 is 1.03 bits per heavy atom. The molecule has 0 amide bonds. The Hall–Kier alpha value is -3.10. The fourth-order valence-electron chi connectivity index (χ4n) is 3.00. The average molecular weight is 441 g/mol. The predicted octanol–water partition coefficient (Wildman–Crippen LogP) is 5.12. The minimum Gasteiger partial charge on any atom is -0.497 e. The largest absolute Gasteiger partial charge is 0.497 e. The number of oxazole rings is 1. The van der Waals surface area contributed by atoms with E-state index >= 15 is 0 Å². The number of thiophene rings is 1. The van der Waals surface area contributed by atoms with Crippen molar-refractivity contribution < 1.29 is 17.6 Å². The molecule has 4 aromatic rings. The van der Waals surface area contributed by atoms with E-state index in [9.17, 15) is 8.42 Å². The van der Waals surface area contributed by atoms with E-state index in [2.05, 4.69) is 4.98 Å². The quantitative estimate of drug-likeness (QED) is 0.399. The second kappa shape index (κ2) is 8.33. The van der Waals surface area contributed by atoms with Gasteiger partial charge in [0.2, 0.25) is 5.89 Å². The van der Waals surface area contributed by atoms with Gasteiger partial charge in [0.25, 0.3) is 10.0 Å². The van der Waals surface area contributed by atoms with E-state index in [1.807, 2.05) is 30.3 Å². The zero-order chi connectivity index (χ0) is 21.1. The smallest absolute Gasteiger partial charge is 0.274 e. The number of hydrogen-bond donors (Lipinski definition) is 0. The Morgan fingerprint density at radius 2 is 1.77 bits per heavy atom. The van der Waals surface area contributed by atoms with E-state index in [0.717, 1.165) is 5.56 Å². The number of nitrogens with zero attached hydrogens (tertiary/aromatic N) is 2. The van der Waals surface area contributed by atoms with Crippen LogP contribution < -0.4 is 9.04 Å². The third kappa shape index (κ3) is 3.96. The number of sulfonamides is 1.